The molecule has 29 heavy (non-hydrogen) atoms. The first-order chi connectivity index (χ1) is 13.8. The second kappa shape index (κ2) is 8.50. The highest BCUT2D eigenvalue weighted by Crippen LogP contribution is 2.25. The van der Waals surface area contributed by atoms with Gasteiger partial charge in [0.2, 0.25) is 5.95 Å². The topological polar surface area (TPSA) is 74.7 Å². The maximum Gasteiger partial charge on any atom is 0.343 e. The minimum atomic E-state index is -1.35. The second-order valence-corrected chi connectivity index (χ2v) is 6.56. The summed E-state index contributed by atoms with van der Waals surface area (Å²) in [6, 6.07) is 0.483. The van der Waals surface area contributed by atoms with Crippen molar-refractivity contribution in [1.82, 2.24) is 15.0 Å². The fourth-order valence-electron chi connectivity index (χ4n) is 2.96. The zero-order valence-corrected chi connectivity index (χ0v) is 16.3. The number of anilines is 3. The molecule has 2 aromatic rings. The Balaban J connectivity index is 1.83. The predicted molar refractivity (Wildman–Crippen MR) is 101 cm³/mol. The normalized spacial score (nSPS) is 14.1. The molecule has 0 amide bonds. The summed E-state index contributed by atoms with van der Waals surface area (Å²) < 4.78 is 45.7. The number of piperazine rings is 1. The van der Waals surface area contributed by atoms with Crippen molar-refractivity contribution in [3.05, 3.63) is 35.4 Å². The van der Waals surface area contributed by atoms with Crippen molar-refractivity contribution >= 4 is 23.6 Å². The average molecular weight is 410 g/mol. The van der Waals surface area contributed by atoms with Crippen molar-refractivity contribution in [2.75, 3.05) is 61.6 Å². The van der Waals surface area contributed by atoms with Crippen LogP contribution >= 0.6 is 0 Å². The highest BCUT2D eigenvalue weighted by Gasteiger charge is 2.27. The number of halogens is 3. The maximum atomic E-state index is 14.0. The van der Waals surface area contributed by atoms with Gasteiger partial charge in [0.1, 0.15) is 11.4 Å². The minimum Gasteiger partial charge on any atom is -0.462 e. The number of esters is 1. The first-order valence-corrected chi connectivity index (χ1v) is 9.04. The van der Waals surface area contributed by atoms with E-state index in [-0.39, 0.29) is 31.1 Å². The Labute approximate surface area is 165 Å². The third kappa shape index (κ3) is 4.33. The van der Waals surface area contributed by atoms with Crippen LogP contribution in [0.25, 0.3) is 0 Å². The summed E-state index contributed by atoms with van der Waals surface area (Å²) in [5.41, 5.74) is 0.225. The summed E-state index contributed by atoms with van der Waals surface area (Å²) in [5, 5.41) is 0. The monoisotopic (exact) mass is 410 g/mol. The molecular weight excluding hydrogens is 389 g/mol. The van der Waals surface area contributed by atoms with E-state index in [4.69, 9.17) is 4.74 Å². The standard InChI is InChI=1S/C18H21F3N6O2/c1-4-29-17(28)11-10-22-18(25(2)3)24-15(11)26-5-7-27(8-6-26)16-13(20)9-12(19)14(21)23-16/h9-10H,4-8H2,1-3H3. The van der Waals surface area contributed by atoms with E-state index < -0.39 is 23.6 Å². The van der Waals surface area contributed by atoms with Gasteiger partial charge in [-0.3, -0.25) is 0 Å². The quantitative estimate of drug-likeness (QED) is 0.546. The Morgan fingerprint density at radius 2 is 1.69 bits per heavy atom. The second-order valence-electron chi connectivity index (χ2n) is 6.56. The lowest BCUT2D eigenvalue weighted by Gasteiger charge is -2.36. The highest BCUT2D eigenvalue weighted by atomic mass is 19.2. The van der Waals surface area contributed by atoms with Gasteiger partial charge in [0.15, 0.2) is 17.5 Å². The largest absolute Gasteiger partial charge is 0.462 e. The summed E-state index contributed by atoms with van der Waals surface area (Å²) in [4.78, 5) is 29.4. The molecule has 0 unspecified atom stereocenters. The van der Waals surface area contributed by atoms with E-state index in [1.165, 1.54) is 11.1 Å². The Morgan fingerprint density at radius 1 is 1.07 bits per heavy atom. The van der Waals surface area contributed by atoms with Gasteiger partial charge in [0, 0.05) is 52.5 Å². The molecule has 0 radical (unpaired) electrons. The van der Waals surface area contributed by atoms with E-state index in [9.17, 15) is 18.0 Å². The number of hydrogen-bond acceptors (Lipinski definition) is 8. The first-order valence-electron chi connectivity index (χ1n) is 9.04. The van der Waals surface area contributed by atoms with Gasteiger partial charge in [-0.25, -0.2) is 18.6 Å². The zero-order chi connectivity index (χ0) is 21.1. The lowest BCUT2D eigenvalue weighted by Crippen LogP contribution is -2.48. The molecule has 0 spiro atoms. The fourth-order valence-corrected chi connectivity index (χ4v) is 2.96. The fraction of sp³-hybridized carbons (Fsp3) is 0.444. The van der Waals surface area contributed by atoms with Crippen LogP contribution < -0.4 is 14.7 Å². The van der Waals surface area contributed by atoms with Gasteiger partial charge in [0.05, 0.1) is 6.61 Å². The number of ether oxygens (including phenoxy) is 1. The third-order valence-electron chi connectivity index (χ3n) is 4.40. The van der Waals surface area contributed by atoms with E-state index in [2.05, 4.69) is 15.0 Å². The molecule has 1 aliphatic heterocycles. The summed E-state index contributed by atoms with van der Waals surface area (Å²) in [6.07, 6.45) is 1.42. The summed E-state index contributed by atoms with van der Waals surface area (Å²) in [5.74, 6) is -3.57. The van der Waals surface area contributed by atoms with Crippen LogP contribution in [-0.2, 0) is 4.74 Å². The number of rotatable bonds is 5. The van der Waals surface area contributed by atoms with Crippen LogP contribution in [0.2, 0.25) is 0 Å². The molecule has 8 nitrogen and oxygen atoms in total. The van der Waals surface area contributed by atoms with Gasteiger partial charge in [-0.05, 0) is 6.92 Å². The maximum absolute atomic E-state index is 14.0. The van der Waals surface area contributed by atoms with Gasteiger partial charge in [0.25, 0.3) is 5.95 Å². The number of nitrogens with zero attached hydrogens (tertiary/aromatic N) is 6. The van der Waals surface area contributed by atoms with E-state index in [0.717, 1.165) is 0 Å². The van der Waals surface area contributed by atoms with Gasteiger partial charge in [-0.1, -0.05) is 0 Å². The van der Waals surface area contributed by atoms with Gasteiger partial charge >= 0.3 is 5.97 Å². The summed E-state index contributed by atoms with van der Waals surface area (Å²) >= 11 is 0. The molecule has 1 fully saturated rings. The number of pyridine rings is 1. The summed E-state index contributed by atoms with van der Waals surface area (Å²) in [7, 11) is 3.55. The smallest absolute Gasteiger partial charge is 0.343 e. The van der Waals surface area contributed by atoms with Gasteiger partial charge in [-0.2, -0.15) is 14.4 Å². The Hall–Kier alpha value is -3.11. The van der Waals surface area contributed by atoms with Crippen molar-refractivity contribution in [2.24, 2.45) is 0 Å². The SMILES string of the molecule is CCOC(=O)c1cnc(N(C)C)nc1N1CCN(c2nc(F)c(F)cc2F)CC1. The van der Waals surface area contributed by atoms with Crippen LogP contribution in [-0.4, -0.2) is 67.8 Å². The highest BCUT2D eigenvalue weighted by molar-refractivity contribution is 5.94. The lowest BCUT2D eigenvalue weighted by molar-refractivity contribution is 0.0526. The van der Waals surface area contributed by atoms with E-state index >= 15 is 0 Å². The Morgan fingerprint density at radius 3 is 2.28 bits per heavy atom. The molecule has 3 heterocycles. The van der Waals surface area contributed by atoms with E-state index in [1.807, 2.05) is 4.90 Å². The molecule has 0 atom stereocenters. The molecule has 11 heteroatoms. The number of carbonyl (C=O) groups excluding carboxylic acids is 1. The van der Waals surface area contributed by atoms with Crippen molar-refractivity contribution < 1.29 is 22.7 Å². The average Bonchev–Trinajstić information content (AvgIpc) is 2.70. The van der Waals surface area contributed by atoms with E-state index in [0.29, 0.717) is 30.9 Å². The minimum absolute atomic E-state index is 0.211. The molecule has 2 aromatic heterocycles. The molecular formula is C18H21F3N6O2. The molecule has 0 saturated carbocycles. The van der Waals surface area contributed by atoms with Crippen molar-refractivity contribution in [1.29, 1.82) is 0 Å². The Kier molecular flexibility index (Phi) is 6.04. The molecule has 0 bridgehead atoms. The van der Waals surface area contributed by atoms with Gasteiger partial charge < -0.3 is 19.4 Å². The number of aromatic nitrogens is 3. The summed E-state index contributed by atoms with van der Waals surface area (Å²) in [6.45, 7) is 3.18. The van der Waals surface area contributed by atoms with Crippen molar-refractivity contribution in [3.63, 3.8) is 0 Å². The number of hydrogen-bond donors (Lipinski definition) is 0. The lowest BCUT2D eigenvalue weighted by atomic mass is 10.2. The van der Waals surface area contributed by atoms with Crippen LogP contribution in [0.5, 0.6) is 0 Å². The molecule has 3 rings (SSSR count). The van der Waals surface area contributed by atoms with Gasteiger partial charge in [-0.15, -0.1) is 0 Å². The third-order valence-corrected chi connectivity index (χ3v) is 4.40. The molecule has 1 aliphatic rings. The number of carbonyl (C=O) groups is 1. The van der Waals surface area contributed by atoms with Crippen LogP contribution in [0.3, 0.4) is 0 Å². The molecule has 0 aromatic carbocycles. The predicted octanol–water partition coefficient (Wildman–Crippen LogP) is 1.86. The molecule has 0 N–H and O–H groups in total. The molecule has 0 aliphatic carbocycles. The van der Waals surface area contributed by atoms with Crippen LogP contribution in [0, 0.1) is 17.6 Å². The zero-order valence-electron chi connectivity index (χ0n) is 16.3. The van der Waals surface area contributed by atoms with Crippen molar-refractivity contribution in [3.8, 4) is 0 Å². The van der Waals surface area contributed by atoms with Crippen LogP contribution in [0.1, 0.15) is 17.3 Å². The van der Waals surface area contributed by atoms with Crippen molar-refractivity contribution in [2.45, 2.75) is 6.92 Å². The molecule has 156 valence electrons. The van der Waals surface area contributed by atoms with E-state index in [1.54, 1.807) is 25.9 Å². The first kappa shape index (κ1) is 20.6. The Bertz CT molecular complexity index is 903. The van der Waals surface area contributed by atoms with Crippen LogP contribution in [0.15, 0.2) is 12.3 Å². The molecule has 1 saturated heterocycles. The van der Waals surface area contributed by atoms with Crippen LogP contribution in [0.4, 0.5) is 30.8 Å².